The molecule has 1 aliphatic heterocycles. The molecule has 1 fully saturated rings. The molecule has 0 aliphatic carbocycles. The first-order valence-corrected chi connectivity index (χ1v) is 6.78. The van der Waals surface area contributed by atoms with Crippen LogP contribution in [0.1, 0.15) is 26.2 Å². The van der Waals surface area contributed by atoms with Gasteiger partial charge in [-0.15, -0.1) is 0 Å². The summed E-state index contributed by atoms with van der Waals surface area (Å²) >= 11 is 0. The SMILES string of the molecule is CCCNC(CN(C)CC1CCCO1)C(=O)OC. The first-order valence-electron chi connectivity index (χ1n) is 6.78. The zero-order valence-corrected chi connectivity index (χ0v) is 11.8. The Hall–Kier alpha value is -0.650. The summed E-state index contributed by atoms with van der Waals surface area (Å²) in [6.45, 7) is 5.31. The largest absolute Gasteiger partial charge is 0.468 e. The van der Waals surface area contributed by atoms with Crippen LogP contribution in [-0.4, -0.2) is 63.4 Å². The highest BCUT2D eigenvalue weighted by molar-refractivity contribution is 5.75. The zero-order valence-electron chi connectivity index (χ0n) is 11.8. The summed E-state index contributed by atoms with van der Waals surface area (Å²) in [4.78, 5) is 13.8. The number of methoxy groups -OCH3 is 1. The quantitative estimate of drug-likeness (QED) is 0.647. The Morgan fingerprint density at radius 1 is 1.61 bits per heavy atom. The molecule has 0 saturated carbocycles. The van der Waals surface area contributed by atoms with E-state index in [1.807, 2.05) is 7.05 Å². The highest BCUT2D eigenvalue weighted by Crippen LogP contribution is 2.12. The number of ether oxygens (including phenoxy) is 2. The van der Waals surface area contributed by atoms with Crippen LogP contribution in [0.15, 0.2) is 0 Å². The van der Waals surface area contributed by atoms with Crippen molar-refractivity contribution in [3.8, 4) is 0 Å². The smallest absolute Gasteiger partial charge is 0.324 e. The Morgan fingerprint density at radius 2 is 2.39 bits per heavy atom. The lowest BCUT2D eigenvalue weighted by Gasteiger charge is -2.25. The van der Waals surface area contributed by atoms with Crippen LogP contribution in [0.25, 0.3) is 0 Å². The van der Waals surface area contributed by atoms with Crippen molar-refractivity contribution in [2.75, 3.05) is 40.4 Å². The summed E-state index contributed by atoms with van der Waals surface area (Å²) in [5.41, 5.74) is 0. The van der Waals surface area contributed by atoms with Gasteiger partial charge in [0.1, 0.15) is 6.04 Å². The van der Waals surface area contributed by atoms with Crippen molar-refractivity contribution in [1.29, 1.82) is 0 Å². The minimum absolute atomic E-state index is 0.192. The molecule has 1 aliphatic rings. The van der Waals surface area contributed by atoms with Crippen LogP contribution in [0.2, 0.25) is 0 Å². The Kier molecular flexibility index (Phi) is 7.23. The van der Waals surface area contributed by atoms with Gasteiger partial charge in [0, 0.05) is 19.7 Å². The van der Waals surface area contributed by atoms with Crippen molar-refractivity contribution in [3.05, 3.63) is 0 Å². The fourth-order valence-electron chi connectivity index (χ4n) is 2.21. The van der Waals surface area contributed by atoms with Gasteiger partial charge in [-0.25, -0.2) is 0 Å². The van der Waals surface area contributed by atoms with Crippen LogP contribution in [-0.2, 0) is 14.3 Å². The van der Waals surface area contributed by atoms with Crippen molar-refractivity contribution in [3.63, 3.8) is 0 Å². The molecule has 2 unspecified atom stereocenters. The van der Waals surface area contributed by atoms with Crippen LogP contribution >= 0.6 is 0 Å². The number of carbonyl (C=O) groups excluding carboxylic acids is 1. The minimum atomic E-state index is -0.249. The average molecular weight is 258 g/mol. The molecule has 0 aromatic rings. The highest BCUT2D eigenvalue weighted by Gasteiger charge is 2.23. The Bertz CT molecular complexity index is 242. The number of likely N-dealkylation sites (N-methyl/N-ethyl adjacent to an activating group) is 1. The maximum absolute atomic E-state index is 11.6. The second kappa shape index (κ2) is 8.45. The molecular weight excluding hydrogens is 232 g/mol. The number of hydrogen-bond donors (Lipinski definition) is 1. The third-order valence-corrected chi connectivity index (χ3v) is 3.16. The molecule has 1 rings (SSSR count). The molecule has 2 atom stereocenters. The molecule has 0 aromatic carbocycles. The Labute approximate surface area is 110 Å². The fourth-order valence-corrected chi connectivity index (χ4v) is 2.21. The molecule has 18 heavy (non-hydrogen) atoms. The van der Waals surface area contributed by atoms with Gasteiger partial charge in [-0.1, -0.05) is 6.92 Å². The monoisotopic (exact) mass is 258 g/mol. The third kappa shape index (κ3) is 5.33. The summed E-state index contributed by atoms with van der Waals surface area (Å²) < 4.78 is 10.4. The van der Waals surface area contributed by atoms with E-state index >= 15 is 0 Å². The highest BCUT2D eigenvalue weighted by atomic mass is 16.5. The minimum Gasteiger partial charge on any atom is -0.468 e. The van der Waals surface area contributed by atoms with E-state index in [2.05, 4.69) is 17.1 Å². The molecule has 1 N–H and O–H groups in total. The second-order valence-corrected chi connectivity index (χ2v) is 4.89. The zero-order chi connectivity index (χ0) is 13.4. The van der Waals surface area contributed by atoms with Gasteiger partial charge in [0.2, 0.25) is 0 Å². The molecule has 106 valence electrons. The number of carbonyl (C=O) groups is 1. The van der Waals surface area contributed by atoms with Crippen LogP contribution < -0.4 is 5.32 Å². The predicted octanol–water partition coefficient (Wildman–Crippen LogP) is 0.638. The number of hydrogen-bond acceptors (Lipinski definition) is 5. The van der Waals surface area contributed by atoms with Gasteiger partial charge in [0.05, 0.1) is 13.2 Å². The summed E-state index contributed by atoms with van der Waals surface area (Å²) in [7, 11) is 3.45. The van der Waals surface area contributed by atoms with E-state index in [4.69, 9.17) is 9.47 Å². The summed E-state index contributed by atoms with van der Waals surface area (Å²) in [5, 5.41) is 3.22. The van der Waals surface area contributed by atoms with E-state index in [-0.39, 0.29) is 12.0 Å². The topological polar surface area (TPSA) is 50.8 Å². The lowest BCUT2D eigenvalue weighted by atomic mass is 10.2. The van der Waals surface area contributed by atoms with E-state index < -0.39 is 0 Å². The number of nitrogens with one attached hydrogen (secondary N) is 1. The molecule has 5 heteroatoms. The van der Waals surface area contributed by atoms with Crippen LogP contribution in [0.4, 0.5) is 0 Å². The van der Waals surface area contributed by atoms with Crippen LogP contribution in [0, 0.1) is 0 Å². The van der Waals surface area contributed by atoms with Gasteiger partial charge in [-0.3, -0.25) is 4.79 Å². The molecule has 0 radical (unpaired) electrons. The second-order valence-electron chi connectivity index (χ2n) is 4.89. The van der Waals surface area contributed by atoms with E-state index in [1.54, 1.807) is 0 Å². The molecule has 0 bridgehead atoms. The number of esters is 1. The van der Waals surface area contributed by atoms with Crippen molar-refractivity contribution < 1.29 is 14.3 Å². The normalized spacial score (nSPS) is 21.2. The molecule has 5 nitrogen and oxygen atoms in total. The van der Waals surface area contributed by atoms with Crippen molar-refractivity contribution in [1.82, 2.24) is 10.2 Å². The lowest BCUT2D eigenvalue weighted by Crippen LogP contribution is -2.47. The van der Waals surface area contributed by atoms with Gasteiger partial charge >= 0.3 is 5.97 Å². The molecular formula is C13H26N2O3. The summed E-state index contributed by atoms with van der Waals surface area (Å²) in [5.74, 6) is -0.192. The van der Waals surface area contributed by atoms with Crippen LogP contribution in [0.5, 0.6) is 0 Å². The maximum Gasteiger partial charge on any atom is 0.324 e. The number of rotatable bonds is 8. The standard InChI is InChI=1S/C13H26N2O3/c1-4-7-14-12(13(16)17-3)10-15(2)9-11-6-5-8-18-11/h11-12,14H,4-10H2,1-3H3. The van der Waals surface area contributed by atoms with E-state index in [1.165, 1.54) is 7.11 Å². The predicted molar refractivity (Wildman–Crippen MR) is 70.6 cm³/mol. The molecule has 0 amide bonds. The van der Waals surface area contributed by atoms with Crippen molar-refractivity contribution >= 4 is 5.97 Å². The Morgan fingerprint density at radius 3 is 2.94 bits per heavy atom. The van der Waals surface area contributed by atoms with Gasteiger partial charge in [0.25, 0.3) is 0 Å². The molecule has 1 saturated heterocycles. The fraction of sp³-hybridized carbons (Fsp3) is 0.923. The van der Waals surface area contributed by atoms with E-state index in [0.29, 0.717) is 12.6 Å². The summed E-state index contributed by atoms with van der Waals surface area (Å²) in [6, 6.07) is -0.249. The summed E-state index contributed by atoms with van der Waals surface area (Å²) in [6.07, 6.45) is 3.59. The maximum atomic E-state index is 11.6. The molecule has 1 heterocycles. The third-order valence-electron chi connectivity index (χ3n) is 3.16. The van der Waals surface area contributed by atoms with Crippen LogP contribution in [0.3, 0.4) is 0 Å². The van der Waals surface area contributed by atoms with Gasteiger partial charge < -0.3 is 19.7 Å². The van der Waals surface area contributed by atoms with E-state index in [0.717, 1.165) is 39.0 Å². The Balaban J connectivity index is 2.35. The lowest BCUT2D eigenvalue weighted by molar-refractivity contribution is -0.143. The van der Waals surface area contributed by atoms with Gasteiger partial charge in [-0.05, 0) is 32.9 Å². The molecule has 0 spiro atoms. The number of nitrogens with zero attached hydrogens (tertiary/aromatic N) is 1. The first kappa shape index (κ1) is 15.4. The molecule has 0 aromatic heterocycles. The van der Waals surface area contributed by atoms with Gasteiger partial charge in [-0.2, -0.15) is 0 Å². The van der Waals surface area contributed by atoms with E-state index in [9.17, 15) is 4.79 Å². The van der Waals surface area contributed by atoms with Crippen molar-refractivity contribution in [2.24, 2.45) is 0 Å². The first-order chi connectivity index (χ1) is 8.67. The average Bonchev–Trinajstić information content (AvgIpc) is 2.86. The van der Waals surface area contributed by atoms with Crippen molar-refractivity contribution in [2.45, 2.75) is 38.3 Å². The van der Waals surface area contributed by atoms with Gasteiger partial charge in [0.15, 0.2) is 0 Å².